The first-order valence-electron chi connectivity index (χ1n) is 10.4. The molecule has 0 atom stereocenters. The van der Waals surface area contributed by atoms with Crippen LogP contribution in [0.2, 0.25) is 0 Å². The number of allylic oxidation sites excluding steroid dienone is 1. The zero-order valence-corrected chi connectivity index (χ0v) is 17.8. The van der Waals surface area contributed by atoms with E-state index in [-0.39, 0.29) is 11.7 Å². The van der Waals surface area contributed by atoms with Gasteiger partial charge in [0, 0.05) is 23.5 Å². The van der Waals surface area contributed by atoms with Gasteiger partial charge in [-0.05, 0) is 48.6 Å². The number of tetrazole rings is 1. The molecule has 0 saturated heterocycles. The van der Waals surface area contributed by atoms with E-state index >= 15 is 0 Å². The number of nitrogens with zero attached hydrogens (tertiary/aromatic N) is 5. The van der Waals surface area contributed by atoms with Gasteiger partial charge in [0.05, 0.1) is 6.54 Å². The number of aryl methyl sites for hydroxylation is 1. The lowest BCUT2D eigenvalue weighted by Gasteiger charge is -2.10. The summed E-state index contributed by atoms with van der Waals surface area (Å²) >= 11 is 0. The Balaban J connectivity index is 1.64. The molecule has 0 amide bonds. The smallest absolute Gasteiger partial charge is 0.296 e. The molecule has 0 saturated carbocycles. The maximum Gasteiger partial charge on any atom is 0.328 e. The van der Waals surface area contributed by atoms with Gasteiger partial charge in [0.25, 0.3) is 0 Å². The Hall–Kier alpha value is -3.74. The molecule has 0 aliphatic heterocycles. The van der Waals surface area contributed by atoms with Crippen molar-refractivity contribution in [1.82, 2.24) is 29.8 Å². The second-order valence-electron chi connectivity index (χ2n) is 7.80. The molecule has 4 rings (SSSR count). The molecule has 31 heavy (non-hydrogen) atoms. The Morgan fingerprint density at radius 2 is 1.84 bits per heavy atom. The zero-order chi connectivity index (χ0) is 21.8. The highest BCUT2D eigenvalue weighted by atomic mass is 16.1. The van der Waals surface area contributed by atoms with Crippen molar-refractivity contribution in [2.75, 3.05) is 0 Å². The van der Waals surface area contributed by atoms with Gasteiger partial charge >= 0.3 is 5.69 Å². The largest absolute Gasteiger partial charge is 0.328 e. The van der Waals surface area contributed by atoms with Crippen molar-refractivity contribution >= 4 is 0 Å². The molecule has 2 aromatic heterocycles. The molecule has 0 unspecified atom stereocenters. The molecule has 1 N–H and O–H groups in total. The predicted octanol–water partition coefficient (Wildman–Crippen LogP) is 4.24. The summed E-state index contributed by atoms with van der Waals surface area (Å²) in [6.07, 6.45) is 5.51. The van der Waals surface area contributed by atoms with Crippen molar-refractivity contribution in [3.63, 3.8) is 0 Å². The predicted molar refractivity (Wildman–Crippen MR) is 122 cm³/mol. The Morgan fingerprint density at radius 3 is 2.48 bits per heavy atom. The third-order valence-electron chi connectivity index (χ3n) is 5.37. The number of H-pyrrole nitrogens is 1. The number of rotatable bonds is 8. The van der Waals surface area contributed by atoms with Crippen LogP contribution in [0, 0.1) is 0 Å². The van der Waals surface area contributed by atoms with E-state index in [0.29, 0.717) is 12.4 Å². The molecule has 2 heterocycles. The fourth-order valence-electron chi connectivity index (χ4n) is 3.71. The van der Waals surface area contributed by atoms with Crippen LogP contribution in [-0.4, -0.2) is 29.8 Å². The maximum atomic E-state index is 12.9. The SMILES string of the molecule is C=CCCc1cn(C(C)C)c(=O)n1Cc1ccc(-c2ccccc2-c2nn[nH]n2)cc1. The molecule has 158 valence electrons. The second-order valence-corrected chi connectivity index (χ2v) is 7.80. The van der Waals surface area contributed by atoms with Gasteiger partial charge in [0.15, 0.2) is 0 Å². The third-order valence-corrected chi connectivity index (χ3v) is 5.37. The third kappa shape index (κ3) is 4.26. The maximum absolute atomic E-state index is 12.9. The van der Waals surface area contributed by atoms with E-state index in [1.165, 1.54) is 0 Å². The van der Waals surface area contributed by atoms with Gasteiger partial charge in [-0.3, -0.25) is 9.13 Å². The number of hydrogen-bond donors (Lipinski definition) is 1. The van der Waals surface area contributed by atoms with Crippen LogP contribution in [0.1, 0.15) is 37.6 Å². The molecule has 0 aliphatic rings. The normalized spacial score (nSPS) is 11.2. The van der Waals surface area contributed by atoms with Gasteiger partial charge in [0.2, 0.25) is 5.82 Å². The van der Waals surface area contributed by atoms with Crippen molar-refractivity contribution in [2.24, 2.45) is 0 Å². The van der Waals surface area contributed by atoms with Crippen molar-refractivity contribution in [3.8, 4) is 22.5 Å². The van der Waals surface area contributed by atoms with Gasteiger partial charge in [0.1, 0.15) is 0 Å². The number of aromatic amines is 1. The van der Waals surface area contributed by atoms with Gasteiger partial charge in [-0.1, -0.05) is 54.6 Å². The van der Waals surface area contributed by atoms with Crippen LogP contribution < -0.4 is 5.69 Å². The fourth-order valence-corrected chi connectivity index (χ4v) is 3.71. The molecule has 0 aliphatic carbocycles. The first-order valence-corrected chi connectivity index (χ1v) is 10.4. The van der Waals surface area contributed by atoms with Crippen LogP contribution in [-0.2, 0) is 13.0 Å². The van der Waals surface area contributed by atoms with Crippen LogP contribution in [0.5, 0.6) is 0 Å². The molecule has 4 aromatic rings. The van der Waals surface area contributed by atoms with Gasteiger partial charge in [-0.25, -0.2) is 4.79 Å². The van der Waals surface area contributed by atoms with Crippen LogP contribution in [0.3, 0.4) is 0 Å². The van der Waals surface area contributed by atoms with E-state index in [1.807, 2.05) is 55.0 Å². The molecule has 2 aromatic carbocycles. The fraction of sp³-hybridized carbons (Fsp3) is 0.250. The van der Waals surface area contributed by atoms with Crippen molar-refractivity contribution in [1.29, 1.82) is 0 Å². The number of hydrogen-bond acceptors (Lipinski definition) is 4. The average molecular weight is 415 g/mol. The lowest BCUT2D eigenvalue weighted by Crippen LogP contribution is -2.26. The van der Waals surface area contributed by atoms with E-state index in [9.17, 15) is 4.79 Å². The molecular weight excluding hydrogens is 388 g/mol. The summed E-state index contributed by atoms with van der Waals surface area (Å²) in [5, 5.41) is 14.4. The van der Waals surface area contributed by atoms with Crippen molar-refractivity contribution < 1.29 is 0 Å². The number of aromatic nitrogens is 6. The van der Waals surface area contributed by atoms with Crippen LogP contribution in [0.25, 0.3) is 22.5 Å². The molecular formula is C24H26N6O. The summed E-state index contributed by atoms with van der Waals surface area (Å²) in [7, 11) is 0. The Kier molecular flexibility index (Phi) is 5.93. The number of benzene rings is 2. The minimum atomic E-state index is 0.0283. The summed E-state index contributed by atoms with van der Waals surface area (Å²) < 4.78 is 3.67. The van der Waals surface area contributed by atoms with Crippen LogP contribution >= 0.6 is 0 Å². The molecule has 0 radical (unpaired) electrons. The zero-order valence-electron chi connectivity index (χ0n) is 17.8. The monoisotopic (exact) mass is 414 g/mol. The molecule has 7 heteroatoms. The van der Waals surface area contributed by atoms with E-state index < -0.39 is 0 Å². The van der Waals surface area contributed by atoms with E-state index in [2.05, 4.69) is 51.5 Å². The number of imidazole rings is 1. The topological polar surface area (TPSA) is 81.4 Å². The average Bonchev–Trinajstić information content (AvgIpc) is 3.42. The lowest BCUT2D eigenvalue weighted by atomic mass is 9.98. The summed E-state index contributed by atoms with van der Waals surface area (Å²) in [6, 6.07) is 16.4. The minimum absolute atomic E-state index is 0.0283. The molecule has 0 bridgehead atoms. The van der Waals surface area contributed by atoms with E-state index in [0.717, 1.165) is 40.8 Å². The Labute approximate surface area is 181 Å². The molecule has 7 nitrogen and oxygen atoms in total. The van der Waals surface area contributed by atoms with Gasteiger partial charge in [-0.15, -0.1) is 16.8 Å². The summed E-state index contributed by atoms with van der Waals surface area (Å²) in [5.41, 5.74) is 5.14. The highest BCUT2D eigenvalue weighted by molar-refractivity contribution is 5.80. The summed E-state index contributed by atoms with van der Waals surface area (Å²) in [4.78, 5) is 12.9. The number of nitrogens with one attached hydrogen (secondary N) is 1. The quantitative estimate of drug-likeness (QED) is 0.437. The first kappa shape index (κ1) is 20.5. The van der Waals surface area contributed by atoms with E-state index in [1.54, 1.807) is 4.57 Å². The standard InChI is InChI=1S/C24H26N6O/c1-4-5-8-20-16-29(17(2)3)24(31)30(20)15-18-11-13-19(14-12-18)21-9-6-7-10-22(21)23-25-27-28-26-23/h4,6-7,9-14,16-17H,1,5,8,15H2,2-3H3,(H,25,26,27,28). The summed E-state index contributed by atoms with van der Waals surface area (Å²) in [6.45, 7) is 8.40. The van der Waals surface area contributed by atoms with Crippen LogP contribution in [0.15, 0.2) is 72.2 Å². The summed E-state index contributed by atoms with van der Waals surface area (Å²) in [5.74, 6) is 0.563. The van der Waals surface area contributed by atoms with Crippen molar-refractivity contribution in [3.05, 3.63) is 89.1 Å². The Bertz CT molecular complexity index is 1220. The molecule has 0 fully saturated rings. The van der Waals surface area contributed by atoms with Gasteiger partial charge < -0.3 is 0 Å². The molecule has 0 spiro atoms. The highest BCUT2D eigenvalue weighted by Crippen LogP contribution is 2.29. The van der Waals surface area contributed by atoms with Gasteiger partial charge in [-0.2, -0.15) is 5.21 Å². The van der Waals surface area contributed by atoms with Crippen molar-refractivity contribution in [2.45, 2.75) is 39.3 Å². The van der Waals surface area contributed by atoms with E-state index in [4.69, 9.17) is 0 Å². The first-order chi connectivity index (χ1) is 15.1. The Morgan fingerprint density at radius 1 is 1.10 bits per heavy atom. The second kappa shape index (κ2) is 8.95. The lowest BCUT2D eigenvalue weighted by molar-refractivity contribution is 0.560. The highest BCUT2D eigenvalue weighted by Gasteiger charge is 2.14. The minimum Gasteiger partial charge on any atom is -0.296 e. The van der Waals surface area contributed by atoms with Crippen LogP contribution in [0.4, 0.5) is 0 Å².